The first-order valence-corrected chi connectivity index (χ1v) is 7.52. The Morgan fingerprint density at radius 2 is 1.86 bits per heavy atom. The molecule has 0 atom stereocenters. The van der Waals surface area contributed by atoms with Gasteiger partial charge < -0.3 is 10.1 Å². The zero-order chi connectivity index (χ0) is 16.2. The zero-order valence-electron chi connectivity index (χ0n) is 13.0. The molecule has 4 heteroatoms. The summed E-state index contributed by atoms with van der Waals surface area (Å²) in [4.78, 5) is 12.1. The van der Waals surface area contributed by atoms with Gasteiger partial charge in [0.05, 0.1) is 0 Å². The van der Waals surface area contributed by atoms with Crippen LogP contribution in [-0.4, -0.2) is 12.5 Å². The summed E-state index contributed by atoms with van der Waals surface area (Å²) in [6.45, 7) is 6.28. The Bertz CT molecular complexity index is 662. The van der Waals surface area contributed by atoms with Crippen LogP contribution < -0.4 is 10.1 Å². The lowest BCUT2D eigenvalue weighted by molar-refractivity contribution is -0.118. The maximum absolute atomic E-state index is 12.1. The molecule has 0 saturated heterocycles. The van der Waals surface area contributed by atoms with E-state index in [1.165, 1.54) is 0 Å². The van der Waals surface area contributed by atoms with Crippen molar-refractivity contribution >= 4 is 23.2 Å². The van der Waals surface area contributed by atoms with Crippen molar-refractivity contribution in [2.45, 2.75) is 26.2 Å². The molecular formula is C18H20ClNO2. The number of amides is 1. The molecule has 0 aliphatic rings. The largest absolute Gasteiger partial charge is 0.484 e. The number of carbonyl (C=O) groups excluding carboxylic acids is 1. The van der Waals surface area contributed by atoms with Gasteiger partial charge in [-0.1, -0.05) is 56.6 Å². The molecule has 0 bridgehead atoms. The number of halogens is 1. The molecule has 2 aromatic carbocycles. The molecule has 0 spiro atoms. The summed E-state index contributed by atoms with van der Waals surface area (Å²) in [7, 11) is 0. The standard InChI is InChI=1S/C18H20ClNO2/c1-18(2,3)15-9-4-5-10-16(15)20-17(21)12-22-14-8-6-7-13(19)11-14/h4-11H,12H2,1-3H3,(H,20,21). The molecule has 0 aliphatic heterocycles. The lowest BCUT2D eigenvalue weighted by Crippen LogP contribution is -2.23. The van der Waals surface area contributed by atoms with Crippen molar-refractivity contribution in [3.8, 4) is 5.75 Å². The summed E-state index contributed by atoms with van der Waals surface area (Å²) in [5, 5.41) is 3.48. The second kappa shape index (κ2) is 6.84. The van der Waals surface area contributed by atoms with E-state index in [-0.39, 0.29) is 17.9 Å². The first-order valence-electron chi connectivity index (χ1n) is 7.14. The van der Waals surface area contributed by atoms with E-state index >= 15 is 0 Å². The highest BCUT2D eigenvalue weighted by atomic mass is 35.5. The molecule has 3 nitrogen and oxygen atoms in total. The highest BCUT2D eigenvalue weighted by molar-refractivity contribution is 6.30. The zero-order valence-corrected chi connectivity index (χ0v) is 13.8. The van der Waals surface area contributed by atoms with Gasteiger partial charge in [0.25, 0.3) is 5.91 Å². The Morgan fingerprint density at radius 1 is 1.14 bits per heavy atom. The van der Waals surface area contributed by atoms with Crippen LogP contribution in [0.15, 0.2) is 48.5 Å². The van der Waals surface area contributed by atoms with E-state index in [9.17, 15) is 4.79 Å². The molecule has 116 valence electrons. The van der Waals surface area contributed by atoms with Gasteiger partial charge in [-0.2, -0.15) is 0 Å². The number of ether oxygens (including phenoxy) is 1. The minimum Gasteiger partial charge on any atom is -0.484 e. The predicted octanol–water partition coefficient (Wildman–Crippen LogP) is 4.66. The van der Waals surface area contributed by atoms with Crippen LogP contribution >= 0.6 is 11.6 Å². The molecule has 2 rings (SSSR count). The molecule has 0 heterocycles. The fourth-order valence-corrected chi connectivity index (χ4v) is 2.32. The number of hydrogen-bond donors (Lipinski definition) is 1. The third-order valence-electron chi connectivity index (χ3n) is 3.18. The van der Waals surface area contributed by atoms with Gasteiger partial charge in [-0.25, -0.2) is 0 Å². The number of para-hydroxylation sites is 1. The van der Waals surface area contributed by atoms with Gasteiger partial charge in [0, 0.05) is 10.7 Å². The Labute approximate surface area is 136 Å². The molecule has 1 N–H and O–H groups in total. The molecule has 0 saturated carbocycles. The van der Waals surface area contributed by atoms with Crippen molar-refractivity contribution in [1.82, 2.24) is 0 Å². The summed E-state index contributed by atoms with van der Waals surface area (Å²) in [5.74, 6) is 0.378. The van der Waals surface area contributed by atoms with Crippen molar-refractivity contribution in [2.75, 3.05) is 11.9 Å². The van der Waals surface area contributed by atoms with Crippen LogP contribution in [0, 0.1) is 0 Å². The molecule has 0 radical (unpaired) electrons. The lowest BCUT2D eigenvalue weighted by Gasteiger charge is -2.23. The van der Waals surface area contributed by atoms with Gasteiger partial charge >= 0.3 is 0 Å². The van der Waals surface area contributed by atoms with Crippen LogP contribution in [-0.2, 0) is 10.2 Å². The van der Waals surface area contributed by atoms with Crippen LogP contribution in [0.2, 0.25) is 5.02 Å². The molecular weight excluding hydrogens is 298 g/mol. The monoisotopic (exact) mass is 317 g/mol. The average molecular weight is 318 g/mol. The molecule has 0 aromatic heterocycles. The lowest BCUT2D eigenvalue weighted by atomic mass is 9.86. The normalized spacial score (nSPS) is 11.1. The summed E-state index contributed by atoms with van der Waals surface area (Å²) < 4.78 is 5.45. The van der Waals surface area contributed by atoms with Gasteiger partial charge in [0.2, 0.25) is 0 Å². The van der Waals surface area contributed by atoms with Crippen LogP contribution in [0.4, 0.5) is 5.69 Å². The Hall–Kier alpha value is -2.00. The molecule has 2 aromatic rings. The number of benzene rings is 2. The minimum atomic E-state index is -0.198. The number of nitrogens with one attached hydrogen (secondary N) is 1. The minimum absolute atomic E-state index is 0.0440. The molecule has 0 unspecified atom stereocenters. The van der Waals surface area contributed by atoms with Crippen LogP contribution in [0.5, 0.6) is 5.75 Å². The topological polar surface area (TPSA) is 38.3 Å². The van der Waals surface area contributed by atoms with E-state index in [1.54, 1.807) is 24.3 Å². The van der Waals surface area contributed by atoms with E-state index in [4.69, 9.17) is 16.3 Å². The molecule has 0 fully saturated rings. The smallest absolute Gasteiger partial charge is 0.262 e. The van der Waals surface area contributed by atoms with Crippen molar-refractivity contribution in [1.29, 1.82) is 0 Å². The van der Waals surface area contributed by atoms with Crippen molar-refractivity contribution in [3.63, 3.8) is 0 Å². The van der Waals surface area contributed by atoms with Gasteiger partial charge in [0.1, 0.15) is 5.75 Å². The molecule has 1 amide bonds. The third kappa shape index (κ3) is 4.50. The summed E-state index contributed by atoms with van der Waals surface area (Å²) in [6.07, 6.45) is 0. The second-order valence-corrected chi connectivity index (χ2v) is 6.53. The predicted molar refractivity (Wildman–Crippen MR) is 90.7 cm³/mol. The van der Waals surface area contributed by atoms with Gasteiger partial charge in [-0.05, 0) is 35.2 Å². The SMILES string of the molecule is CC(C)(C)c1ccccc1NC(=O)COc1cccc(Cl)c1. The number of anilines is 1. The summed E-state index contributed by atoms with van der Waals surface area (Å²) >= 11 is 5.88. The van der Waals surface area contributed by atoms with E-state index in [2.05, 4.69) is 26.1 Å². The number of rotatable bonds is 4. The fourth-order valence-electron chi connectivity index (χ4n) is 2.14. The Morgan fingerprint density at radius 3 is 2.55 bits per heavy atom. The van der Waals surface area contributed by atoms with Gasteiger partial charge in [-0.3, -0.25) is 4.79 Å². The maximum Gasteiger partial charge on any atom is 0.262 e. The molecule has 0 aliphatic carbocycles. The number of hydrogen-bond acceptors (Lipinski definition) is 2. The van der Waals surface area contributed by atoms with Crippen molar-refractivity contribution in [2.24, 2.45) is 0 Å². The first kappa shape index (κ1) is 16.4. The van der Waals surface area contributed by atoms with E-state index in [1.807, 2.05) is 24.3 Å². The molecule has 22 heavy (non-hydrogen) atoms. The first-order chi connectivity index (χ1) is 10.4. The van der Waals surface area contributed by atoms with Crippen LogP contribution in [0.25, 0.3) is 0 Å². The maximum atomic E-state index is 12.1. The van der Waals surface area contributed by atoms with E-state index in [0.29, 0.717) is 10.8 Å². The number of carbonyl (C=O) groups is 1. The third-order valence-corrected chi connectivity index (χ3v) is 3.41. The summed E-state index contributed by atoms with van der Waals surface area (Å²) in [6, 6.07) is 14.8. The highest BCUT2D eigenvalue weighted by Crippen LogP contribution is 2.29. The Balaban J connectivity index is 2.01. The Kier molecular flexibility index (Phi) is 5.09. The summed E-state index contributed by atoms with van der Waals surface area (Å²) in [5.41, 5.74) is 1.86. The van der Waals surface area contributed by atoms with Gasteiger partial charge in [0.15, 0.2) is 6.61 Å². The van der Waals surface area contributed by atoms with Gasteiger partial charge in [-0.15, -0.1) is 0 Å². The average Bonchev–Trinajstić information content (AvgIpc) is 2.45. The van der Waals surface area contributed by atoms with E-state index in [0.717, 1.165) is 11.3 Å². The van der Waals surface area contributed by atoms with E-state index < -0.39 is 0 Å². The fraction of sp³-hybridized carbons (Fsp3) is 0.278. The van der Waals surface area contributed by atoms with Crippen LogP contribution in [0.3, 0.4) is 0 Å². The van der Waals surface area contributed by atoms with Crippen molar-refractivity contribution in [3.05, 3.63) is 59.1 Å². The van der Waals surface area contributed by atoms with Crippen molar-refractivity contribution < 1.29 is 9.53 Å². The quantitative estimate of drug-likeness (QED) is 0.891. The van der Waals surface area contributed by atoms with Crippen LogP contribution in [0.1, 0.15) is 26.3 Å². The second-order valence-electron chi connectivity index (χ2n) is 6.09. The highest BCUT2D eigenvalue weighted by Gasteiger charge is 2.18.